The quantitative estimate of drug-likeness (QED) is 0.705. The molecule has 1 heterocycles. The van der Waals surface area contributed by atoms with E-state index in [9.17, 15) is 13.5 Å². The predicted molar refractivity (Wildman–Crippen MR) is 73.1 cm³/mol. The third-order valence-corrected chi connectivity index (χ3v) is 5.16. The second kappa shape index (κ2) is 5.86. The minimum Gasteiger partial charge on any atom is -0.390 e. The number of aliphatic hydroxyl groups is 1. The first-order valence-corrected chi connectivity index (χ1v) is 8.35. The van der Waals surface area contributed by atoms with E-state index in [4.69, 9.17) is 5.73 Å². The molecular formula is C12H26N2O3S. The highest BCUT2D eigenvalue weighted by Gasteiger charge is 2.40. The van der Waals surface area contributed by atoms with E-state index in [2.05, 4.69) is 25.7 Å². The van der Waals surface area contributed by atoms with Gasteiger partial charge in [-0.1, -0.05) is 20.8 Å². The highest BCUT2D eigenvalue weighted by Crippen LogP contribution is 2.23. The van der Waals surface area contributed by atoms with Gasteiger partial charge in [0.25, 0.3) is 0 Å². The van der Waals surface area contributed by atoms with Crippen LogP contribution in [0.2, 0.25) is 0 Å². The molecule has 6 heteroatoms. The van der Waals surface area contributed by atoms with Crippen molar-refractivity contribution in [3.05, 3.63) is 0 Å². The number of hydrogen-bond donors (Lipinski definition) is 2. The molecule has 0 aromatic carbocycles. The summed E-state index contributed by atoms with van der Waals surface area (Å²) < 4.78 is 23.2. The molecular weight excluding hydrogens is 252 g/mol. The number of sulfone groups is 1. The van der Waals surface area contributed by atoms with E-state index in [0.29, 0.717) is 13.1 Å². The van der Waals surface area contributed by atoms with Gasteiger partial charge in [-0.05, 0) is 24.9 Å². The van der Waals surface area contributed by atoms with E-state index in [1.54, 1.807) is 0 Å². The highest BCUT2D eigenvalue weighted by molar-refractivity contribution is 7.91. The molecule has 1 fully saturated rings. The summed E-state index contributed by atoms with van der Waals surface area (Å²) in [4.78, 5) is 2.09. The Labute approximate surface area is 110 Å². The van der Waals surface area contributed by atoms with Crippen molar-refractivity contribution in [2.45, 2.75) is 39.3 Å². The van der Waals surface area contributed by atoms with Crippen LogP contribution in [0.3, 0.4) is 0 Å². The van der Waals surface area contributed by atoms with E-state index < -0.39 is 15.9 Å². The number of nitrogens with two attached hydrogens (primary N) is 1. The summed E-state index contributed by atoms with van der Waals surface area (Å²) >= 11 is 0. The Kier molecular flexibility index (Phi) is 5.17. The number of aliphatic hydroxyl groups excluding tert-OH is 1. The molecule has 0 amide bonds. The van der Waals surface area contributed by atoms with E-state index in [1.807, 2.05) is 0 Å². The average molecular weight is 278 g/mol. The zero-order valence-electron chi connectivity index (χ0n) is 11.6. The predicted octanol–water partition coefficient (Wildman–Crippen LogP) is -0.159. The van der Waals surface area contributed by atoms with Gasteiger partial charge in [0.2, 0.25) is 0 Å². The third-order valence-electron chi connectivity index (χ3n) is 3.46. The fourth-order valence-electron chi connectivity index (χ4n) is 2.42. The molecule has 3 N–H and O–H groups in total. The lowest BCUT2D eigenvalue weighted by atomic mass is 9.92. The molecule has 0 radical (unpaired) electrons. The molecule has 1 saturated heterocycles. The fourth-order valence-corrected chi connectivity index (χ4v) is 4.25. The number of hydrogen-bond acceptors (Lipinski definition) is 5. The van der Waals surface area contributed by atoms with Crippen LogP contribution in [0.5, 0.6) is 0 Å². The lowest BCUT2D eigenvalue weighted by Gasteiger charge is -2.36. The minimum atomic E-state index is -3.09. The van der Waals surface area contributed by atoms with Gasteiger partial charge in [-0.3, -0.25) is 4.90 Å². The molecule has 108 valence electrons. The van der Waals surface area contributed by atoms with E-state index in [1.165, 1.54) is 0 Å². The highest BCUT2D eigenvalue weighted by atomic mass is 32.2. The molecule has 0 saturated carbocycles. The van der Waals surface area contributed by atoms with Crippen molar-refractivity contribution in [2.24, 2.45) is 11.1 Å². The lowest BCUT2D eigenvalue weighted by molar-refractivity contribution is 0.0591. The van der Waals surface area contributed by atoms with Gasteiger partial charge in [-0.25, -0.2) is 8.42 Å². The Morgan fingerprint density at radius 3 is 2.39 bits per heavy atom. The van der Waals surface area contributed by atoms with Crippen molar-refractivity contribution in [1.29, 1.82) is 0 Å². The summed E-state index contributed by atoms with van der Waals surface area (Å²) in [5.74, 6) is -0.0459. The standard InChI is InChI=1S/C12H26N2O3S/c1-4-5-14(9-12(2,3)8-13)10-6-18(16,17)7-11(10)15/h10-11,15H,4-9,13H2,1-3H3. The molecule has 0 bridgehead atoms. The normalized spacial score (nSPS) is 27.9. The summed E-state index contributed by atoms with van der Waals surface area (Å²) in [5, 5.41) is 9.94. The summed E-state index contributed by atoms with van der Waals surface area (Å²) in [7, 11) is -3.09. The first-order valence-electron chi connectivity index (χ1n) is 6.53. The molecule has 1 aliphatic heterocycles. The Hall–Kier alpha value is -0.170. The van der Waals surface area contributed by atoms with E-state index in [0.717, 1.165) is 13.0 Å². The number of nitrogens with zero attached hydrogens (tertiary/aromatic N) is 1. The molecule has 1 rings (SSSR count). The van der Waals surface area contributed by atoms with Crippen molar-refractivity contribution >= 4 is 9.84 Å². The van der Waals surface area contributed by atoms with Crippen LogP contribution in [-0.4, -0.2) is 61.7 Å². The maximum Gasteiger partial charge on any atom is 0.154 e. The maximum atomic E-state index is 11.6. The molecule has 0 aliphatic carbocycles. The molecule has 1 aliphatic rings. The molecule has 2 atom stereocenters. The van der Waals surface area contributed by atoms with Crippen molar-refractivity contribution < 1.29 is 13.5 Å². The second-order valence-corrected chi connectivity index (χ2v) is 8.20. The van der Waals surface area contributed by atoms with Crippen LogP contribution in [0.25, 0.3) is 0 Å². The first-order chi connectivity index (χ1) is 8.21. The van der Waals surface area contributed by atoms with Gasteiger partial charge in [0.15, 0.2) is 9.84 Å². The van der Waals surface area contributed by atoms with Crippen LogP contribution in [-0.2, 0) is 9.84 Å². The smallest absolute Gasteiger partial charge is 0.154 e. The van der Waals surface area contributed by atoms with Crippen LogP contribution < -0.4 is 5.73 Å². The largest absolute Gasteiger partial charge is 0.390 e. The van der Waals surface area contributed by atoms with Crippen LogP contribution in [0.15, 0.2) is 0 Å². The zero-order valence-corrected chi connectivity index (χ0v) is 12.4. The summed E-state index contributed by atoms with van der Waals surface area (Å²) in [6.07, 6.45) is 0.166. The van der Waals surface area contributed by atoms with E-state index >= 15 is 0 Å². The maximum absolute atomic E-state index is 11.6. The van der Waals surface area contributed by atoms with Crippen molar-refractivity contribution in [3.8, 4) is 0 Å². The molecule has 0 spiro atoms. The molecule has 0 aromatic rings. The Morgan fingerprint density at radius 2 is 2.00 bits per heavy atom. The SMILES string of the molecule is CCCN(CC(C)(C)CN)C1CS(=O)(=O)CC1O. The topological polar surface area (TPSA) is 83.6 Å². The molecule has 2 unspecified atom stereocenters. The van der Waals surface area contributed by atoms with Crippen LogP contribution >= 0.6 is 0 Å². The van der Waals surface area contributed by atoms with Gasteiger partial charge in [0.1, 0.15) is 0 Å². The fraction of sp³-hybridized carbons (Fsp3) is 1.00. The lowest BCUT2D eigenvalue weighted by Crippen LogP contribution is -2.49. The summed E-state index contributed by atoms with van der Waals surface area (Å²) in [6.45, 7) is 8.23. The van der Waals surface area contributed by atoms with Gasteiger partial charge < -0.3 is 10.8 Å². The molecule has 5 nitrogen and oxygen atoms in total. The zero-order chi connectivity index (χ0) is 14.0. The summed E-state index contributed by atoms with van der Waals surface area (Å²) in [5.41, 5.74) is 5.66. The number of rotatable bonds is 6. The molecule has 0 aromatic heterocycles. The first kappa shape index (κ1) is 15.9. The van der Waals surface area contributed by atoms with Gasteiger partial charge in [0.05, 0.1) is 23.7 Å². The van der Waals surface area contributed by atoms with Crippen molar-refractivity contribution in [2.75, 3.05) is 31.1 Å². The minimum absolute atomic E-state index is 0.0643. The van der Waals surface area contributed by atoms with Gasteiger partial charge >= 0.3 is 0 Å². The third kappa shape index (κ3) is 4.19. The van der Waals surface area contributed by atoms with Crippen molar-refractivity contribution in [1.82, 2.24) is 4.90 Å². The van der Waals surface area contributed by atoms with Crippen molar-refractivity contribution in [3.63, 3.8) is 0 Å². The average Bonchev–Trinajstić information content (AvgIpc) is 2.51. The summed E-state index contributed by atoms with van der Waals surface area (Å²) in [6, 6.07) is -0.277. The van der Waals surface area contributed by atoms with Crippen LogP contribution in [0, 0.1) is 5.41 Å². The van der Waals surface area contributed by atoms with E-state index in [-0.39, 0.29) is 23.0 Å². The van der Waals surface area contributed by atoms with Crippen LogP contribution in [0.4, 0.5) is 0 Å². The Bertz CT molecular complexity index is 368. The monoisotopic (exact) mass is 278 g/mol. The van der Waals surface area contributed by atoms with Gasteiger partial charge in [0, 0.05) is 6.54 Å². The van der Waals surface area contributed by atoms with Crippen LogP contribution in [0.1, 0.15) is 27.2 Å². The van der Waals surface area contributed by atoms with Gasteiger partial charge in [-0.15, -0.1) is 0 Å². The Morgan fingerprint density at radius 1 is 1.39 bits per heavy atom. The Balaban J connectivity index is 2.79. The second-order valence-electron chi connectivity index (χ2n) is 6.05. The molecule has 18 heavy (non-hydrogen) atoms. The van der Waals surface area contributed by atoms with Gasteiger partial charge in [-0.2, -0.15) is 0 Å².